The van der Waals surface area contributed by atoms with Crippen LogP contribution < -0.4 is 0 Å². The zero-order valence-electron chi connectivity index (χ0n) is 5.27. The Bertz CT molecular complexity index is 157. The van der Waals surface area contributed by atoms with Gasteiger partial charge in [0.25, 0.3) is 0 Å². The van der Waals surface area contributed by atoms with Gasteiger partial charge in [-0.25, -0.2) is 8.54 Å². The van der Waals surface area contributed by atoms with E-state index >= 15 is 0 Å². The van der Waals surface area contributed by atoms with Gasteiger partial charge in [-0.2, -0.15) is 0 Å². The van der Waals surface area contributed by atoms with Crippen molar-refractivity contribution in [3.05, 3.63) is 0 Å². The Morgan fingerprint density at radius 2 is 2.30 bits per heavy atom. The molecule has 0 amide bonds. The van der Waals surface area contributed by atoms with E-state index in [1.54, 1.807) is 0 Å². The molecule has 1 saturated carbocycles. The molecule has 0 spiro atoms. The standard InChI is InChI=1S/C4H9O4PS/c5-9(6,8-10)7-3-4-1-2-4/h4,10H,1-3H2,(H,5,6). The second kappa shape index (κ2) is 3.24. The van der Waals surface area contributed by atoms with Crippen LogP contribution in [-0.2, 0) is 13.1 Å². The van der Waals surface area contributed by atoms with Crippen LogP contribution in [0.15, 0.2) is 0 Å². The number of hydrogen-bond donors (Lipinski definition) is 2. The normalized spacial score (nSPS) is 24.2. The first-order chi connectivity index (χ1) is 4.64. The van der Waals surface area contributed by atoms with Crippen LogP contribution in [0.3, 0.4) is 0 Å². The fraction of sp³-hybridized carbons (Fsp3) is 1.00. The Labute approximate surface area is 64.8 Å². The summed E-state index contributed by atoms with van der Waals surface area (Å²) >= 11 is 3.19. The van der Waals surface area contributed by atoms with Gasteiger partial charge in [0, 0.05) is 0 Å². The maximum Gasteiger partial charge on any atom is 0.483 e. The highest BCUT2D eigenvalue weighted by Gasteiger charge is 2.27. The molecule has 1 aliphatic carbocycles. The van der Waals surface area contributed by atoms with Gasteiger partial charge in [0.2, 0.25) is 0 Å². The summed E-state index contributed by atoms with van der Waals surface area (Å²) in [4.78, 5) is 8.63. The molecule has 0 aromatic heterocycles. The molecule has 0 aromatic carbocycles. The van der Waals surface area contributed by atoms with E-state index in [9.17, 15) is 4.57 Å². The van der Waals surface area contributed by atoms with Crippen molar-refractivity contribution in [3.8, 4) is 0 Å². The summed E-state index contributed by atoms with van der Waals surface area (Å²) in [5, 5.41) is 0. The first kappa shape index (κ1) is 8.56. The van der Waals surface area contributed by atoms with Crippen LogP contribution in [0.4, 0.5) is 0 Å². The van der Waals surface area contributed by atoms with Crippen molar-refractivity contribution in [2.45, 2.75) is 12.8 Å². The van der Waals surface area contributed by atoms with Gasteiger partial charge in [-0.3, -0.25) is 4.52 Å². The Hall–Kier alpha value is 0.460. The number of phosphoric acid groups is 1. The molecule has 60 valence electrons. The Balaban J connectivity index is 2.15. The van der Waals surface area contributed by atoms with Crippen molar-refractivity contribution < 1.29 is 18.0 Å². The van der Waals surface area contributed by atoms with E-state index in [0.717, 1.165) is 12.8 Å². The van der Waals surface area contributed by atoms with Crippen LogP contribution in [0.5, 0.6) is 0 Å². The molecule has 0 aliphatic heterocycles. The van der Waals surface area contributed by atoms with Crippen LogP contribution >= 0.6 is 20.7 Å². The molecular weight excluding hydrogens is 175 g/mol. The summed E-state index contributed by atoms with van der Waals surface area (Å²) < 4.78 is 19.0. The number of thiol groups is 1. The van der Waals surface area contributed by atoms with E-state index in [1.165, 1.54) is 0 Å². The monoisotopic (exact) mass is 184 g/mol. The van der Waals surface area contributed by atoms with Gasteiger partial charge in [0.05, 0.1) is 6.61 Å². The molecule has 1 fully saturated rings. The first-order valence-corrected chi connectivity index (χ1v) is 4.80. The van der Waals surface area contributed by atoms with Crippen LogP contribution in [0.2, 0.25) is 0 Å². The summed E-state index contributed by atoms with van der Waals surface area (Å²) in [6.07, 6.45) is 2.15. The molecular formula is C4H9O4PS. The highest BCUT2D eigenvalue weighted by atomic mass is 32.1. The third kappa shape index (κ3) is 3.03. The Kier molecular flexibility index (Phi) is 2.77. The smallest absolute Gasteiger partial charge is 0.302 e. The summed E-state index contributed by atoms with van der Waals surface area (Å²) in [6.45, 7) is 0.300. The predicted octanol–water partition coefficient (Wildman–Crippen LogP) is 1.37. The lowest BCUT2D eigenvalue weighted by Gasteiger charge is -2.05. The average molecular weight is 184 g/mol. The topological polar surface area (TPSA) is 55.8 Å². The summed E-state index contributed by atoms with van der Waals surface area (Å²) in [5.74, 6) is 0.448. The molecule has 10 heavy (non-hydrogen) atoms. The summed E-state index contributed by atoms with van der Waals surface area (Å²) in [7, 11) is -3.82. The highest BCUT2D eigenvalue weighted by molar-refractivity contribution is 7.80. The number of hydrogen-bond acceptors (Lipinski definition) is 4. The minimum atomic E-state index is -3.82. The van der Waals surface area contributed by atoms with Gasteiger partial charge >= 0.3 is 7.82 Å². The quantitative estimate of drug-likeness (QED) is 0.393. The molecule has 0 heterocycles. The molecule has 1 N–H and O–H groups in total. The van der Waals surface area contributed by atoms with Crippen LogP contribution in [0.25, 0.3) is 0 Å². The molecule has 0 radical (unpaired) electrons. The second-order valence-corrected chi connectivity index (χ2v) is 4.14. The number of phosphoric ester groups is 1. The van der Waals surface area contributed by atoms with Gasteiger partial charge in [0.15, 0.2) is 0 Å². The van der Waals surface area contributed by atoms with Crippen LogP contribution in [0.1, 0.15) is 12.8 Å². The zero-order valence-corrected chi connectivity index (χ0v) is 7.05. The molecule has 1 aliphatic rings. The van der Waals surface area contributed by atoms with Gasteiger partial charge in [-0.1, -0.05) is 0 Å². The third-order valence-electron chi connectivity index (χ3n) is 1.27. The van der Waals surface area contributed by atoms with E-state index < -0.39 is 7.82 Å². The third-order valence-corrected chi connectivity index (χ3v) is 2.57. The summed E-state index contributed by atoms with van der Waals surface area (Å²) in [6, 6.07) is 0. The van der Waals surface area contributed by atoms with Crippen LogP contribution in [0, 0.1) is 5.92 Å². The molecule has 4 nitrogen and oxygen atoms in total. The molecule has 6 heteroatoms. The maximum absolute atomic E-state index is 10.5. The molecule has 0 saturated heterocycles. The summed E-state index contributed by atoms with van der Waals surface area (Å²) in [5.41, 5.74) is 0. The number of rotatable bonds is 4. The lowest BCUT2D eigenvalue weighted by atomic mass is 10.5. The van der Waals surface area contributed by atoms with Crippen LogP contribution in [-0.4, -0.2) is 11.5 Å². The molecule has 1 unspecified atom stereocenters. The lowest BCUT2D eigenvalue weighted by molar-refractivity contribution is 0.204. The minimum absolute atomic E-state index is 0.300. The molecule has 1 atom stereocenters. The Morgan fingerprint density at radius 3 is 2.70 bits per heavy atom. The van der Waals surface area contributed by atoms with Gasteiger partial charge in [-0.15, -0.1) is 0 Å². The molecule has 0 aromatic rings. The van der Waals surface area contributed by atoms with E-state index in [0.29, 0.717) is 12.5 Å². The van der Waals surface area contributed by atoms with E-state index in [4.69, 9.17) is 4.89 Å². The first-order valence-electron chi connectivity index (χ1n) is 2.94. The fourth-order valence-corrected chi connectivity index (χ4v) is 1.10. The maximum atomic E-state index is 10.5. The van der Waals surface area contributed by atoms with Crippen molar-refractivity contribution in [1.29, 1.82) is 0 Å². The van der Waals surface area contributed by atoms with Crippen molar-refractivity contribution >= 4 is 20.7 Å². The molecule has 1 rings (SSSR count). The van der Waals surface area contributed by atoms with Crippen molar-refractivity contribution in [2.75, 3.05) is 6.61 Å². The van der Waals surface area contributed by atoms with E-state index in [1.807, 2.05) is 0 Å². The van der Waals surface area contributed by atoms with Gasteiger partial charge in [0.1, 0.15) is 0 Å². The zero-order chi connectivity index (χ0) is 7.61. The largest absolute Gasteiger partial charge is 0.483 e. The van der Waals surface area contributed by atoms with Gasteiger partial charge in [-0.05, 0) is 31.7 Å². The molecule has 0 bridgehead atoms. The van der Waals surface area contributed by atoms with Crippen molar-refractivity contribution in [2.24, 2.45) is 5.92 Å². The Morgan fingerprint density at radius 1 is 1.70 bits per heavy atom. The second-order valence-electron chi connectivity index (χ2n) is 2.29. The predicted molar refractivity (Wildman–Crippen MR) is 38.6 cm³/mol. The van der Waals surface area contributed by atoms with Crippen molar-refractivity contribution in [3.63, 3.8) is 0 Å². The SMILES string of the molecule is O=P(O)(OS)OCC1CC1. The minimum Gasteiger partial charge on any atom is -0.302 e. The average Bonchev–Trinajstić information content (AvgIpc) is 2.66. The lowest BCUT2D eigenvalue weighted by Crippen LogP contribution is -1.93. The fourth-order valence-electron chi connectivity index (χ4n) is 0.508. The highest BCUT2D eigenvalue weighted by Crippen LogP contribution is 2.46. The van der Waals surface area contributed by atoms with E-state index in [-0.39, 0.29) is 0 Å². The van der Waals surface area contributed by atoms with E-state index in [2.05, 4.69) is 21.4 Å². The van der Waals surface area contributed by atoms with Gasteiger partial charge < -0.3 is 4.89 Å². The van der Waals surface area contributed by atoms with Crippen molar-refractivity contribution in [1.82, 2.24) is 0 Å².